The number of nitrogens with zero attached hydrogens (tertiary/aromatic N) is 1. The second-order valence-electron chi connectivity index (χ2n) is 4.41. The fourth-order valence-electron chi connectivity index (χ4n) is 1.52. The normalized spacial score (nSPS) is 9.90. The number of unbranched alkanes of at least 4 members (excludes halogenated alkanes) is 3. The van der Waals surface area contributed by atoms with E-state index in [2.05, 4.69) is 43.1 Å². The molecular weight excluding hydrogens is 302 g/mol. The van der Waals surface area contributed by atoms with E-state index < -0.39 is 0 Å². The lowest BCUT2D eigenvalue weighted by Gasteiger charge is -2.03. The van der Waals surface area contributed by atoms with Crippen molar-refractivity contribution < 1.29 is 0 Å². The van der Waals surface area contributed by atoms with Gasteiger partial charge in [0.05, 0.1) is 5.51 Å². The molecule has 0 atom stereocenters. The third-order valence-electron chi connectivity index (χ3n) is 2.67. The Morgan fingerprint density at radius 2 is 2.00 bits per heavy atom. The van der Waals surface area contributed by atoms with E-state index in [1.54, 1.807) is 23.0 Å². The molecule has 0 saturated carbocycles. The Kier molecular flexibility index (Phi) is 10.8. The van der Waals surface area contributed by atoms with Crippen LogP contribution in [0, 0.1) is 6.92 Å². The minimum Gasteiger partial charge on any atom is -0.253 e. The van der Waals surface area contributed by atoms with Crippen molar-refractivity contribution in [3.63, 3.8) is 0 Å². The Bertz CT molecular complexity index is 412. The van der Waals surface area contributed by atoms with Crippen molar-refractivity contribution in [3.8, 4) is 0 Å². The van der Waals surface area contributed by atoms with Crippen LogP contribution < -0.4 is 0 Å². The Morgan fingerprint density at radius 1 is 1.15 bits per heavy atom. The maximum Gasteiger partial charge on any atom is 0.0791 e. The van der Waals surface area contributed by atoms with E-state index in [0.29, 0.717) is 0 Å². The van der Waals surface area contributed by atoms with Crippen molar-refractivity contribution in [3.05, 3.63) is 46.9 Å². The minimum atomic E-state index is 1.28. The molecule has 20 heavy (non-hydrogen) atoms. The van der Waals surface area contributed by atoms with E-state index in [1.807, 2.05) is 27.0 Å². The van der Waals surface area contributed by atoms with E-state index in [-0.39, 0.29) is 0 Å². The van der Waals surface area contributed by atoms with Gasteiger partial charge in [0.2, 0.25) is 0 Å². The number of hydrogen-bond donors (Lipinski definition) is 0. The minimum absolute atomic E-state index is 1.28. The molecule has 0 N–H and O–H groups in total. The summed E-state index contributed by atoms with van der Waals surface area (Å²) in [5, 5.41) is 1.93. The molecule has 0 fully saturated rings. The number of benzene rings is 1. The highest BCUT2D eigenvalue weighted by molar-refractivity contribution is 8.76. The fourth-order valence-corrected chi connectivity index (χ4v) is 4.28. The Morgan fingerprint density at radius 3 is 2.60 bits per heavy atom. The topological polar surface area (TPSA) is 12.9 Å². The van der Waals surface area contributed by atoms with Gasteiger partial charge in [0, 0.05) is 22.2 Å². The average molecular weight is 326 g/mol. The van der Waals surface area contributed by atoms with Gasteiger partial charge in [0.25, 0.3) is 0 Å². The zero-order valence-corrected chi connectivity index (χ0v) is 14.7. The number of thiazole rings is 1. The Balaban J connectivity index is 0.000000333. The summed E-state index contributed by atoms with van der Waals surface area (Å²) in [4.78, 5) is 5.16. The molecule has 0 radical (unpaired) electrons. The van der Waals surface area contributed by atoms with Gasteiger partial charge >= 0.3 is 0 Å². The molecule has 0 unspecified atom stereocenters. The summed E-state index contributed by atoms with van der Waals surface area (Å²) in [6.45, 7) is 4.44. The van der Waals surface area contributed by atoms with Gasteiger partial charge in [-0.15, -0.1) is 11.3 Å². The van der Waals surface area contributed by atoms with Crippen LogP contribution in [0.2, 0.25) is 0 Å². The zero-order chi connectivity index (χ0) is 14.5. The molecule has 0 saturated heterocycles. The molecule has 1 heterocycles. The van der Waals surface area contributed by atoms with Gasteiger partial charge in [-0.1, -0.05) is 66.0 Å². The predicted octanol–water partition coefficient (Wildman–Crippen LogP) is 6.46. The molecule has 1 aromatic carbocycles. The van der Waals surface area contributed by atoms with Crippen LogP contribution in [-0.4, -0.2) is 10.7 Å². The molecule has 4 heteroatoms. The van der Waals surface area contributed by atoms with Gasteiger partial charge in [-0.2, -0.15) is 0 Å². The highest BCUT2D eigenvalue weighted by Crippen LogP contribution is 2.33. The Hall–Kier alpha value is -0.450. The molecule has 1 nitrogen and oxygen atoms in total. The molecule has 0 aliphatic carbocycles. The summed E-state index contributed by atoms with van der Waals surface area (Å²) in [5.74, 6) is 1.28. The highest BCUT2D eigenvalue weighted by atomic mass is 33.1. The van der Waals surface area contributed by atoms with Gasteiger partial charge in [-0.3, -0.25) is 4.98 Å². The molecule has 0 amide bonds. The summed E-state index contributed by atoms with van der Waals surface area (Å²) in [5.41, 5.74) is 3.18. The van der Waals surface area contributed by atoms with Crippen molar-refractivity contribution in [1.82, 2.24) is 4.98 Å². The van der Waals surface area contributed by atoms with Gasteiger partial charge in [-0.05, 0) is 25.0 Å². The number of aryl methyl sites for hydroxylation is 1. The first-order valence-corrected chi connectivity index (χ1v) is 10.3. The maximum atomic E-state index is 3.74. The molecule has 2 aromatic rings. The highest BCUT2D eigenvalue weighted by Gasteiger charge is 1.97. The van der Waals surface area contributed by atoms with Gasteiger partial charge in [0.15, 0.2) is 0 Å². The zero-order valence-electron chi connectivity index (χ0n) is 12.2. The third kappa shape index (κ3) is 8.67. The molecule has 0 aliphatic heterocycles. The first-order chi connectivity index (χ1) is 9.84. The van der Waals surface area contributed by atoms with Crippen molar-refractivity contribution in [1.29, 1.82) is 0 Å². The largest absolute Gasteiger partial charge is 0.253 e. The van der Waals surface area contributed by atoms with Gasteiger partial charge in [-0.25, -0.2) is 0 Å². The van der Waals surface area contributed by atoms with Crippen LogP contribution in [-0.2, 0) is 0 Å². The van der Waals surface area contributed by atoms with E-state index in [4.69, 9.17) is 0 Å². The van der Waals surface area contributed by atoms with E-state index >= 15 is 0 Å². The van der Waals surface area contributed by atoms with Crippen molar-refractivity contribution in [2.24, 2.45) is 0 Å². The molecule has 2 rings (SSSR count). The average Bonchev–Trinajstić information content (AvgIpc) is 3.04. The quantitative estimate of drug-likeness (QED) is 0.428. The third-order valence-corrected chi connectivity index (χ3v) is 5.80. The standard InChI is InChI=1S/C13H20S2.C3H3NS/c1-3-4-5-8-11-14-15-13-10-7-6-9-12(13)2;1-2-5-3-4-1/h6-7,9-10H,3-5,8,11H2,1-2H3;1-3H. The SMILES string of the molecule is CCCCCCSSc1ccccc1C.c1cscn1. The monoisotopic (exact) mass is 325 g/mol. The fraction of sp³-hybridized carbons (Fsp3) is 0.438. The molecule has 110 valence electrons. The summed E-state index contributed by atoms with van der Waals surface area (Å²) < 4.78 is 0. The number of hydrogen-bond acceptors (Lipinski definition) is 4. The molecule has 0 aliphatic rings. The second kappa shape index (κ2) is 12.3. The summed E-state index contributed by atoms with van der Waals surface area (Å²) in [7, 11) is 3.91. The maximum absolute atomic E-state index is 3.74. The van der Waals surface area contributed by atoms with E-state index in [1.165, 1.54) is 41.9 Å². The van der Waals surface area contributed by atoms with Crippen LogP contribution in [0.3, 0.4) is 0 Å². The van der Waals surface area contributed by atoms with Crippen LogP contribution in [0.25, 0.3) is 0 Å². The summed E-state index contributed by atoms with van der Waals surface area (Å²) in [6, 6.07) is 8.61. The first-order valence-electron chi connectivity index (χ1n) is 7.02. The van der Waals surface area contributed by atoms with Crippen LogP contribution >= 0.6 is 32.9 Å². The number of aromatic nitrogens is 1. The lowest BCUT2D eigenvalue weighted by molar-refractivity contribution is 0.707. The van der Waals surface area contributed by atoms with Gasteiger partial charge in [0.1, 0.15) is 0 Å². The van der Waals surface area contributed by atoms with Crippen LogP contribution in [0.5, 0.6) is 0 Å². The van der Waals surface area contributed by atoms with Crippen LogP contribution in [0.1, 0.15) is 38.2 Å². The molecule has 1 aromatic heterocycles. The van der Waals surface area contributed by atoms with Crippen LogP contribution in [0.15, 0.2) is 46.2 Å². The summed E-state index contributed by atoms with van der Waals surface area (Å²) in [6.07, 6.45) is 7.23. The van der Waals surface area contributed by atoms with Crippen molar-refractivity contribution in [2.75, 3.05) is 5.75 Å². The van der Waals surface area contributed by atoms with E-state index in [0.717, 1.165) is 0 Å². The van der Waals surface area contributed by atoms with Crippen LogP contribution in [0.4, 0.5) is 0 Å². The van der Waals surface area contributed by atoms with Gasteiger partial charge < -0.3 is 0 Å². The van der Waals surface area contributed by atoms with E-state index in [9.17, 15) is 0 Å². The molecule has 0 bridgehead atoms. The summed E-state index contributed by atoms with van der Waals surface area (Å²) >= 11 is 1.60. The first kappa shape index (κ1) is 17.6. The second-order valence-corrected chi connectivity index (χ2v) is 7.62. The molecule has 0 spiro atoms. The lowest BCUT2D eigenvalue weighted by atomic mass is 10.2. The Labute approximate surface area is 135 Å². The van der Waals surface area contributed by atoms with Crippen molar-refractivity contribution in [2.45, 2.75) is 44.4 Å². The predicted molar refractivity (Wildman–Crippen MR) is 95.8 cm³/mol. The molecular formula is C16H23NS3. The van der Waals surface area contributed by atoms with Crippen molar-refractivity contribution >= 4 is 32.9 Å². The lowest BCUT2D eigenvalue weighted by Crippen LogP contribution is -1.79. The smallest absolute Gasteiger partial charge is 0.0791 e. The number of rotatable bonds is 7.